The van der Waals surface area contributed by atoms with Crippen molar-refractivity contribution in [1.82, 2.24) is 0 Å². The molecule has 0 amide bonds. The molecule has 0 spiro atoms. The Labute approximate surface area is 118 Å². The molecule has 0 bridgehead atoms. The lowest BCUT2D eigenvalue weighted by Crippen LogP contribution is -2.23. The summed E-state index contributed by atoms with van der Waals surface area (Å²) >= 11 is 0. The van der Waals surface area contributed by atoms with Gasteiger partial charge in [0.25, 0.3) is 0 Å². The van der Waals surface area contributed by atoms with Crippen LogP contribution in [0.3, 0.4) is 0 Å². The fourth-order valence-electron chi connectivity index (χ4n) is 2.42. The highest BCUT2D eigenvalue weighted by molar-refractivity contribution is 5.42. The van der Waals surface area contributed by atoms with Crippen LogP contribution in [-0.2, 0) is 5.41 Å². The summed E-state index contributed by atoms with van der Waals surface area (Å²) in [5, 5.41) is 27.7. The van der Waals surface area contributed by atoms with Crippen molar-refractivity contribution in [2.75, 3.05) is 0 Å². The monoisotopic (exact) mass is 267 g/mol. The molecule has 0 saturated carbocycles. The van der Waals surface area contributed by atoms with Gasteiger partial charge in [-0.05, 0) is 41.8 Å². The van der Waals surface area contributed by atoms with Gasteiger partial charge in [0.05, 0.1) is 6.07 Å². The van der Waals surface area contributed by atoms with Gasteiger partial charge in [-0.2, -0.15) is 5.26 Å². The quantitative estimate of drug-likeness (QED) is 0.887. The van der Waals surface area contributed by atoms with Crippen molar-refractivity contribution in [3.05, 3.63) is 59.7 Å². The molecule has 0 aliphatic heterocycles. The van der Waals surface area contributed by atoms with E-state index in [2.05, 4.69) is 13.0 Å². The Morgan fingerprint density at radius 3 is 1.65 bits per heavy atom. The molecule has 0 fully saturated rings. The van der Waals surface area contributed by atoms with Crippen molar-refractivity contribution in [3.63, 3.8) is 0 Å². The van der Waals surface area contributed by atoms with Crippen LogP contribution in [0.25, 0.3) is 0 Å². The second-order valence-corrected chi connectivity index (χ2v) is 5.08. The minimum atomic E-state index is -0.322. The third kappa shape index (κ3) is 2.75. The van der Waals surface area contributed by atoms with E-state index in [0.717, 1.165) is 11.1 Å². The minimum absolute atomic E-state index is 0.224. The number of hydrogen-bond acceptors (Lipinski definition) is 3. The third-order valence-corrected chi connectivity index (χ3v) is 3.75. The predicted molar refractivity (Wildman–Crippen MR) is 77.5 cm³/mol. The molecule has 0 aliphatic rings. The zero-order valence-corrected chi connectivity index (χ0v) is 11.4. The highest BCUT2D eigenvalue weighted by Crippen LogP contribution is 2.37. The Hall–Kier alpha value is -2.47. The van der Waals surface area contributed by atoms with Gasteiger partial charge in [-0.3, -0.25) is 0 Å². The Kier molecular flexibility index (Phi) is 3.95. The molecular weight excluding hydrogens is 250 g/mol. The van der Waals surface area contributed by atoms with Gasteiger partial charge >= 0.3 is 0 Å². The van der Waals surface area contributed by atoms with Gasteiger partial charge in [-0.15, -0.1) is 0 Å². The van der Waals surface area contributed by atoms with E-state index in [9.17, 15) is 10.2 Å². The molecule has 2 rings (SSSR count). The van der Waals surface area contributed by atoms with Gasteiger partial charge < -0.3 is 10.2 Å². The minimum Gasteiger partial charge on any atom is -0.508 e. The smallest absolute Gasteiger partial charge is 0.115 e. The molecule has 102 valence electrons. The molecule has 0 atom stereocenters. The number of aromatic hydroxyl groups is 2. The van der Waals surface area contributed by atoms with E-state index in [-0.39, 0.29) is 16.9 Å². The van der Waals surface area contributed by atoms with Crippen LogP contribution in [0.2, 0.25) is 0 Å². The second-order valence-electron chi connectivity index (χ2n) is 5.08. The van der Waals surface area contributed by atoms with Crippen LogP contribution in [0.1, 0.15) is 30.9 Å². The zero-order chi connectivity index (χ0) is 14.6. The van der Waals surface area contributed by atoms with Gasteiger partial charge in [0.1, 0.15) is 11.5 Å². The van der Waals surface area contributed by atoms with E-state index < -0.39 is 0 Å². The van der Waals surface area contributed by atoms with Crippen LogP contribution < -0.4 is 0 Å². The Bertz CT molecular complexity index is 563. The van der Waals surface area contributed by atoms with E-state index in [4.69, 9.17) is 5.26 Å². The van der Waals surface area contributed by atoms with E-state index in [0.29, 0.717) is 12.8 Å². The first kappa shape index (κ1) is 14.0. The van der Waals surface area contributed by atoms with Crippen molar-refractivity contribution in [2.24, 2.45) is 0 Å². The topological polar surface area (TPSA) is 64.2 Å². The van der Waals surface area contributed by atoms with Crippen LogP contribution in [0, 0.1) is 11.3 Å². The summed E-state index contributed by atoms with van der Waals surface area (Å²) < 4.78 is 0. The Balaban J connectivity index is 2.47. The Morgan fingerprint density at radius 2 is 1.30 bits per heavy atom. The normalized spacial score (nSPS) is 11.0. The van der Waals surface area contributed by atoms with Crippen LogP contribution in [0.4, 0.5) is 0 Å². The predicted octanol–water partition coefficient (Wildman–Crippen LogP) is 3.71. The van der Waals surface area contributed by atoms with Crippen molar-refractivity contribution >= 4 is 0 Å². The van der Waals surface area contributed by atoms with Crippen molar-refractivity contribution in [2.45, 2.75) is 25.2 Å². The molecular formula is C17H17NO2. The largest absolute Gasteiger partial charge is 0.508 e. The van der Waals surface area contributed by atoms with Crippen molar-refractivity contribution in [3.8, 4) is 17.6 Å². The number of nitrogens with zero attached hydrogens (tertiary/aromatic N) is 1. The van der Waals surface area contributed by atoms with Gasteiger partial charge in [-0.1, -0.05) is 31.2 Å². The van der Waals surface area contributed by atoms with E-state index in [1.165, 1.54) is 0 Å². The number of nitriles is 1. The number of hydrogen-bond donors (Lipinski definition) is 2. The highest BCUT2D eigenvalue weighted by atomic mass is 16.3. The summed E-state index contributed by atoms with van der Waals surface area (Å²) in [5.41, 5.74) is 1.75. The van der Waals surface area contributed by atoms with Crippen LogP contribution in [-0.4, -0.2) is 10.2 Å². The summed E-state index contributed by atoms with van der Waals surface area (Å²) in [6.07, 6.45) is 1.12. The molecule has 0 aromatic heterocycles. The summed E-state index contributed by atoms with van der Waals surface area (Å²) in [7, 11) is 0. The fraction of sp³-hybridized carbons (Fsp3) is 0.235. The molecule has 2 aromatic rings. The first-order valence-corrected chi connectivity index (χ1v) is 6.52. The van der Waals surface area contributed by atoms with Crippen LogP contribution in [0.5, 0.6) is 11.5 Å². The molecule has 0 unspecified atom stereocenters. The van der Waals surface area contributed by atoms with Gasteiger partial charge in [-0.25, -0.2) is 0 Å². The lowest BCUT2D eigenvalue weighted by molar-refractivity contribution is 0.471. The Morgan fingerprint density at radius 1 is 0.900 bits per heavy atom. The average Bonchev–Trinajstić information content (AvgIpc) is 2.46. The maximum absolute atomic E-state index is 9.42. The maximum atomic E-state index is 9.42. The number of rotatable bonds is 4. The maximum Gasteiger partial charge on any atom is 0.115 e. The second kappa shape index (κ2) is 5.66. The zero-order valence-electron chi connectivity index (χ0n) is 11.4. The molecule has 2 N–H and O–H groups in total. The molecule has 3 nitrogen and oxygen atoms in total. The number of phenols is 2. The molecule has 20 heavy (non-hydrogen) atoms. The molecule has 2 aromatic carbocycles. The van der Waals surface area contributed by atoms with Crippen molar-refractivity contribution < 1.29 is 10.2 Å². The SMILES string of the molecule is CC(CCC#N)(c1ccc(O)cc1)c1ccc(O)cc1. The molecule has 0 saturated heterocycles. The fourth-order valence-corrected chi connectivity index (χ4v) is 2.42. The summed E-state index contributed by atoms with van der Waals surface area (Å²) in [5.74, 6) is 0.448. The van der Waals surface area contributed by atoms with E-state index in [1.807, 2.05) is 24.3 Å². The summed E-state index contributed by atoms with van der Waals surface area (Å²) in [6, 6.07) is 16.3. The number of benzene rings is 2. The van der Waals surface area contributed by atoms with Gasteiger partial charge in [0.15, 0.2) is 0 Å². The summed E-state index contributed by atoms with van der Waals surface area (Å²) in [4.78, 5) is 0. The van der Waals surface area contributed by atoms with Crippen molar-refractivity contribution in [1.29, 1.82) is 5.26 Å². The number of phenolic OH excluding ortho intramolecular Hbond substituents is 2. The highest BCUT2D eigenvalue weighted by Gasteiger charge is 2.28. The van der Waals surface area contributed by atoms with E-state index in [1.54, 1.807) is 24.3 Å². The lowest BCUT2D eigenvalue weighted by atomic mass is 9.73. The van der Waals surface area contributed by atoms with E-state index >= 15 is 0 Å². The third-order valence-electron chi connectivity index (χ3n) is 3.75. The first-order chi connectivity index (χ1) is 9.56. The standard InChI is InChI=1S/C17H17NO2/c1-17(11-2-12-18,13-3-7-15(19)8-4-13)14-5-9-16(20)10-6-14/h3-10,19-20H,2,11H2,1H3. The lowest BCUT2D eigenvalue weighted by Gasteiger charge is -2.30. The van der Waals surface area contributed by atoms with Crippen LogP contribution >= 0.6 is 0 Å². The molecule has 3 heteroatoms. The van der Waals surface area contributed by atoms with Gasteiger partial charge in [0, 0.05) is 11.8 Å². The average molecular weight is 267 g/mol. The molecule has 0 aliphatic carbocycles. The molecule has 0 heterocycles. The van der Waals surface area contributed by atoms with Crippen LogP contribution in [0.15, 0.2) is 48.5 Å². The summed E-state index contributed by atoms with van der Waals surface area (Å²) in [6.45, 7) is 2.07. The first-order valence-electron chi connectivity index (χ1n) is 6.52. The molecule has 0 radical (unpaired) electrons. The van der Waals surface area contributed by atoms with Gasteiger partial charge in [0.2, 0.25) is 0 Å².